The van der Waals surface area contributed by atoms with Crippen molar-refractivity contribution in [3.05, 3.63) is 27.7 Å². The molecule has 1 fully saturated rings. The van der Waals surface area contributed by atoms with E-state index in [1.807, 2.05) is 0 Å². The Bertz CT molecular complexity index is 419. The lowest BCUT2D eigenvalue weighted by atomic mass is 9.89. The van der Waals surface area contributed by atoms with Crippen molar-refractivity contribution in [1.29, 1.82) is 0 Å². The normalized spacial score (nSPS) is 17.2. The molecule has 0 aliphatic carbocycles. The van der Waals surface area contributed by atoms with Crippen molar-refractivity contribution in [1.82, 2.24) is 5.32 Å². The number of hydrogen-bond acceptors (Lipinski definition) is 2. The average Bonchev–Trinajstić information content (AvgIpc) is 2.34. The highest BCUT2D eigenvalue weighted by atomic mass is 79.9. The van der Waals surface area contributed by atoms with Crippen LogP contribution in [0.1, 0.15) is 24.3 Å². The number of piperidine rings is 1. The molecule has 1 saturated heterocycles. The Morgan fingerprint density at radius 2 is 2.00 bits per heavy atom. The molecule has 0 radical (unpaired) electrons. The van der Waals surface area contributed by atoms with Gasteiger partial charge in [-0.05, 0) is 53.8 Å². The maximum Gasteiger partial charge on any atom is 0.166 e. The molecule has 17 heavy (non-hydrogen) atoms. The zero-order chi connectivity index (χ0) is 12.4. The number of hydrogen-bond donors (Lipinski definition) is 1. The highest BCUT2D eigenvalue weighted by Crippen LogP contribution is 2.39. The summed E-state index contributed by atoms with van der Waals surface area (Å²) >= 11 is 3.04. The van der Waals surface area contributed by atoms with E-state index in [-0.39, 0.29) is 16.1 Å². The van der Waals surface area contributed by atoms with Crippen LogP contribution in [0.4, 0.5) is 8.78 Å². The third-order valence-electron chi connectivity index (χ3n) is 3.11. The largest absolute Gasteiger partial charge is 0.493 e. The van der Waals surface area contributed by atoms with E-state index in [4.69, 9.17) is 4.74 Å². The summed E-state index contributed by atoms with van der Waals surface area (Å²) < 4.78 is 33.0. The highest BCUT2D eigenvalue weighted by molar-refractivity contribution is 9.10. The lowest BCUT2D eigenvalue weighted by Crippen LogP contribution is -2.27. The Morgan fingerprint density at radius 3 is 2.59 bits per heavy atom. The SMILES string of the molecule is COc1c(F)cc(Br)c(F)c1C1CCNCC1. The van der Waals surface area contributed by atoms with Gasteiger partial charge in [-0.25, -0.2) is 8.78 Å². The summed E-state index contributed by atoms with van der Waals surface area (Å²) in [5, 5.41) is 3.20. The van der Waals surface area contributed by atoms with Gasteiger partial charge in [0.25, 0.3) is 0 Å². The van der Waals surface area contributed by atoms with Gasteiger partial charge >= 0.3 is 0 Å². The predicted octanol–water partition coefficient (Wildman–Crippen LogP) is 3.20. The van der Waals surface area contributed by atoms with Crippen molar-refractivity contribution in [3.8, 4) is 5.75 Å². The lowest BCUT2D eigenvalue weighted by Gasteiger charge is -2.25. The molecule has 1 aromatic carbocycles. The molecule has 2 rings (SSSR count). The molecule has 0 spiro atoms. The summed E-state index contributed by atoms with van der Waals surface area (Å²) in [6, 6.07) is 1.11. The minimum Gasteiger partial charge on any atom is -0.493 e. The van der Waals surface area contributed by atoms with Gasteiger partial charge in [0.1, 0.15) is 5.82 Å². The quantitative estimate of drug-likeness (QED) is 0.847. The number of halogens is 3. The third kappa shape index (κ3) is 2.45. The van der Waals surface area contributed by atoms with Crippen LogP contribution in [0.25, 0.3) is 0 Å². The van der Waals surface area contributed by atoms with E-state index in [2.05, 4.69) is 21.2 Å². The van der Waals surface area contributed by atoms with Crippen LogP contribution >= 0.6 is 15.9 Å². The summed E-state index contributed by atoms with van der Waals surface area (Å²) in [5.41, 5.74) is 0.362. The van der Waals surface area contributed by atoms with Crippen molar-refractivity contribution in [2.75, 3.05) is 20.2 Å². The first-order valence-electron chi connectivity index (χ1n) is 5.57. The van der Waals surface area contributed by atoms with Crippen molar-refractivity contribution >= 4 is 15.9 Å². The fraction of sp³-hybridized carbons (Fsp3) is 0.500. The molecule has 1 heterocycles. The Hall–Kier alpha value is -0.680. The molecule has 5 heteroatoms. The molecule has 1 N–H and O–H groups in total. The molecule has 2 nitrogen and oxygen atoms in total. The van der Waals surface area contributed by atoms with Crippen LogP contribution in [0.5, 0.6) is 5.75 Å². The van der Waals surface area contributed by atoms with E-state index < -0.39 is 11.6 Å². The van der Waals surface area contributed by atoms with Crippen molar-refractivity contribution in [3.63, 3.8) is 0 Å². The van der Waals surface area contributed by atoms with Gasteiger partial charge in [-0.2, -0.15) is 0 Å². The maximum absolute atomic E-state index is 14.1. The maximum atomic E-state index is 14.1. The minimum atomic E-state index is -0.519. The smallest absolute Gasteiger partial charge is 0.166 e. The summed E-state index contributed by atoms with van der Waals surface area (Å²) in [6.07, 6.45) is 1.59. The second-order valence-electron chi connectivity index (χ2n) is 4.13. The molecule has 0 atom stereocenters. The average molecular weight is 306 g/mol. The van der Waals surface area contributed by atoms with Gasteiger partial charge in [0.05, 0.1) is 11.6 Å². The van der Waals surface area contributed by atoms with E-state index in [0.29, 0.717) is 5.56 Å². The zero-order valence-electron chi connectivity index (χ0n) is 9.53. The highest BCUT2D eigenvalue weighted by Gasteiger charge is 2.26. The van der Waals surface area contributed by atoms with Gasteiger partial charge in [0, 0.05) is 5.56 Å². The van der Waals surface area contributed by atoms with Crippen LogP contribution in [-0.4, -0.2) is 20.2 Å². The molecular weight excluding hydrogens is 292 g/mol. The third-order valence-corrected chi connectivity index (χ3v) is 3.69. The van der Waals surface area contributed by atoms with Crippen LogP contribution in [0, 0.1) is 11.6 Å². The van der Waals surface area contributed by atoms with Crippen molar-refractivity contribution < 1.29 is 13.5 Å². The van der Waals surface area contributed by atoms with E-state index >= 15 is 0 Å². The Balaban J connectivity index is 2.48. The Morgan fingerprint density at radius 1 is 1.35 bits per heavy atom. The molecule has 0 saturated carbocycles. The fourth-order valence-corrected chi connectivity index (χ4v) is 2.69. The zero-order valence-corrected chi connectivity index (χ0v) is 11.1. The topological polar surface area (TPSA) is 21.3 Å². The monoisotopic (exact) mass is 305 g/mol. The van der Waals surface area contributed by atoms with Gasteiger partial charge in [0.15, 0.2) is 11.6 Å². The van der Waals surface area contributed by atoms with Crippen LogP contribution in [0.3, 0.4) is 0 Å². The first-order valence-corrected chi connectivity index (χ1v) is 6.36. The van der Waals surface area contributed by atoms with Gasteiger partial charge < -0.3 is 10.1 Å². The molecular formula is C12H14BrF2NO. The van der Waals surface area contributed by atoms with Gasteiger partial charge in [-0.1, -0.05) is 0 Å². The van der Waals surface area contributed by atoms with Gasteiger partial charge in [0.2, 0.25) is 0 Å². The molecule has 0 aromatic heterocycles. The van der Waals surface area contributed by atoms with E-state index in [9.17, 15) is 8.78 Å². The van der Waals surface area contributed by atoms with Crippen molar-refractivity contribution in [2.45, 2.75) is 18.8 Å². The molecule has 1 aromatic rings. The van der Waals surface area contributed by atoms with Crippen LogP contribution in [0.15, 0.2) is 10.5 Å². The summed E-state index contributed by atoms with van der Waals surface area (Å²) in [5.74, 6) is -0.875. The lowest BCUT2D eigenvalue weighted by molar-refractivity contribution is 0.358. The second-order valence-corrected chi connectivity index (χ2v) is 4.98. The van der Waals surface area contributed by atoms with Crippen LogP contribution in [0.2, 0.25) is 0 Å². The molecule has 1 aliphatic rings. The van der Waals surface area contributed by atoms with E-state index in [1.165, 1.54) is 7.11 Å². The predicted molar refractivity (Wildman–Crippen MR) is 65.5 cm³/mol. The number of nitrogens with one attached hydrogen (secondary N) is 1. The van der Waals surface area contributed by atoms with Crippen molar-refractivity contribution in [2.24, 2.45) is 0 Å². The van der Waals surface area contributed by atoms with Crippen LogP contribution in [-0.2, 0) is 0 Å². The summed E-state index contributed by atoms with van der Waals surface area (Å²) in [7, 11) is 1.37. The molecule has 0 bridgehead atoms. The minimum absolute atomic E-state index is 0.0122. The standard InChI is InChI=1S/C12H14BrF2NO/c1-17-12-9(14)6-8(13)11(15)10(12)7-2-4-16-5-3-7/h6-7,16H,2-5H2,1H3. The molecule has 1 aliphatic heterocycles. The Kier molecular flexibility index (Phi) is 3.99. The first-order chi connectivity index (χ1) is 8.15. The number of benzene rings is 1. The van der Waals surface area contributed by atoms with Gasteiger partial charge in [-0.3, -0.25) is 0 Å². The van der Waals surface area contributed by atoms with Gasteiger partial charge in [-0.15, -0.1) is 0 Å². The fourth-order valence-electron chi connectivity index (χ4n) is 2.28. The second kappa shape index (κ2) is 5.31. The Labute approximate surface area is 107 Å². The summed E-state index contributed by atoms with van der Waals surface area (Å²) in [4.78, 5) is 0. The van der Waals surface area contributed by atoms with E-state index in [1.54, 1.807) is 0 Å². The summed E-state index contributed by atoms with van der Waals surface area (Å²) in [6.45, 7) is 1.64. The van der Waals surface area contributed by atoms with Crippen LogP contribution < -0.4 is 10.1 Å². The first kappa shape index (κ1) is 12.8. The number of methoxy groups -OCH3 is 1. The number of ether oxygens (including phenoxy) is 1. The van der Waals surface area contributed by atoms with E-state index in [0.717, 1.165) is 32.0 Å². The number of rotatable bonds is 2. The molecule has 0 amide bonds. The molecule has 0 unspecified atom stereocenters. The molecule has 94 valence electrons.